The van der Waals surface area contributed by atoms with Gasteiger partial charge in [-0.1, -0.05) is 6.42 Å². The Morgan fingerprint density at radius 2 is 2.15 bits per heavy atom. The largest absolute Gasteiger partial charge is 0.454 e. The molecule has 20 heavy (non-hydrogen) atoms. The van der Waals surface area contributed by atoms with Crippen LogP contribution >= 0.6 is 0 Å². The maximum atomic E-state index is 12.6. The van der Waals surface area contributed by atoms with Crippen molar-refractivity contribution in [1.82, 2.24) is 4.90 Å². The van der Waals surface area contributed by atoms with Gasteiger partial charge in [0.15, 0.2) is 11.5 Å². The van der Waals surface area contributed by atoms with E-state index in [4.69, 9.17) is 15.2 Å². The van der Waals surface area contributed by atoms with Crippen LogP contribution in [0.5, 0.6) is 11.5 Å². The van der Waals surface area contributed by atoms with E-state index in [9.17, 15) is 4.79 Å². The predicted octanol–water partition coefficient (Wildman–Crippen LogP) is 1.61. The summed E-state index contributed by atoms with van der Waals surface area (Å²) in [6.07, 6.45) is 3.29. The van der Waals surface area contributed by atoms with Gasteiger partial charge in [-0.05, 0) is 43.5 Å². The molecule has 1 fully saturated rings. The third kappa shape index (κ3) is 2.22. The van der Waals surface area contributed by atoms with Gasteiger partial charge in [0.1, 0.15) is 0 Å². The zero-order valence-electron chi connectivity index (χ0n) is 11.7. The number of carbonyl (C=O) groups excluding carboxylic acids is 1. The molecule has 0 saturated heterocycles. The Hall–Kier alpha value is -1.75. The van der Waals surface area contributed by atoms with Crippen LogP contribution in [0.2, 0.25) is 0 Å². The predicted molar refractivity (Wildman–Crippen MR) is 74.8 cm³/mol. The molecular weight excluding hydrogens is 256 g/mol. The summed E-state index contributed by atoms with van der Waals surface area (Å²) >= 11 is 0. The lowest BCUT2D eigenvalue weighted by Gasteiger charge is -2.29. The third-order valence-corrected chi connectivity index (χ3v) is 4.36. The number of fused-ring (bicyclic) bond motifs is 1. The molecule has 2 unspecified atom stereocenters. The molecule has 0 radical (unpaired) electrons. The van der Waals surface area contributed by atoms with E-state index in [2.05, 4.69) is 0 Å². The summed E-state index contributed by atoms with van der Waals surface area (Å²) < 4.78 is 10.6. The zero-order chi connectivity index (χ0) is 14.1. The molecule has 1 aromatic carbocycles. The highest BCUT2D eigenvalue weighted by atomic mass is 16.7. The van der Waals surface area contributed by atoms with Crippen LogP contribution in [0.15, 0.2) is 18.2 Å². The van der Waals surface area contributed by atoms with Crippen molar-refractivity contribution >= 4 is 5.91 Å². The lowest BCUT2D eigenvalue weighted by Crippen LogP contribution is -2.41. The number of amides is 1. The number of nitrogens with two attached hydrogens (primary N) is 1. The number of rotatable bonds is 3. The second-order valence-corrected chi connectivity index (χ2v) is 5.48. The standard InChI is InChI=1S/C15H20N2O3/c1-17(12-4-2-3-11(12)8-16)15(18)10-5-6-13-14(7-10)20-9-19-13/h5-7,11-12H,2-4,8-9,16H2,1H3. The van der Waals surface area contributed by atoms with Crippen molar-refractivity contribution in [3.63, 3.8) is 0 Å². The number of hydrogen-bond donors (Lipinski definition) is 1. The van der Waals surface area contributed by atoms with Gasteiger partial charge in [0, 0.05) is 18.7 Å². The molecule has 0 bridgehead atoms. The van der Waals surface area contributed by atoms with Crippen LogP contribution in [-0.4, -0.2) is 37.2 Å². The molecule has 0 aromatic heterocycles. The van der Waals surface area contributed by atoms with Crippen molar-refractivity contribution in [2.75, 3.05) is 20.4 Å². The van der Waals surface area contributed by atoms with E-state index in [0.29, 0.717) is 29.5 Å². The Balaban J connectivity index is 1.78. The Morgan fingerprint density at radius 1 is 1.35 bits per heavy atom. The molecule has 1 amide bonds. The minimum atomic E-state index is 0.0219. The quantitative estimate of drug-likeness (QED) is 0.911. The molecule has 2 atom stereocenters. The van der Waals surface area contributed by atoms with Crippen molar-refractivity contribution in [1.29, 1.82) is 0 Å². The normalized spacial score (nSPS) is 23.9. The lowest BCUT2D eigenvalue weighted by molar-refractivity contribution is 0.0699. The van der Waals surface area contributed by atoms with Gasteiger partial charge in [0.25, 0.3) is 5.91 Å². The summed E-state index contributed by atoms with van der Waals surface area (Å²) in [7, 11) is 1.87. The highest BCUT2D eigenvalue weighted by molar-refractivity contribution is 5.95. The molecule has 1 aliphatic carbocycles. The second kappa shape index (κ2) is 5.32. The average Bonchev–Trinajstić information content (AvgIpc) is 3.12. The molecule has 1 saturated carbocycles. The Morgan fingerprint density at radius 3 is 2.95 bits per heavy atom. The fourth-order valence-electron chi connectivity index (χ4n) is 3.19. The van der Waals surface area contributed by atoms with Crippen molar-refractivity contribution in [3.05, 3.63) is 23.8 Å². The number of benzene rings is 1. The first-order valence-electron chi connectivity index (χ1n) is 7.07. The highest BCUT2D eigenvalue weighted by Gasteiger charge is 2.32. The maximum absolute atomic E-state index is 12.6. The van der Waals surface area contributed by atoms with E-state index in [0.717, 1.165) is 19.3 Å². The Bertz CT molecular complexity index is 518. The molecule has 0 spiro atoms. The summed E-state index contributed by atoms with van der Waals surface area (Å²) in [5.41, 5.74) is 6.44. The fourth-order valence-corrected chi connectivity index (χ4v) is 3.19. The summed E-state index contributed by atoms with van der Waals surface area (Å²) in [5.74, 6) is 1.78. The van der Waals surface area contributed by atoms with Gasteiger partial charge in [-0.3, -0.25) is 4.79 Å². The summed E-state index contributed by atoms with van der Waals surface area (Å²) in [6, 6.07) is 5.59. The molecule has 108 valence electrons. The SMILES string of the molecule is CN(C(=O)c1ccc2c(c1)OCO2)C1CCCC1CN. The van der Waals surface area contributed by atoms with Crippen LogP contribution in [0, 0.1) is 5.92 Å². The van der Waals surface area contributed by atoms with Gasteiger partial charge in [0.2, 0.25) is 6.79 Å². The molecule has 2 aliphatic rings. The molecular formula is C15H20N2O3. The topological polar surface area (TPSA) is 64.8 Å². The van der Waals surface area contributed by atoms with E-state index in [1.165, 1.54) is 0 Å². The molecule has 1 aliphatic heterocycles. The van der Waals surface area contributed by atoms with E-state index in [1.807, 2.05) is 11.9 Å². The summed E-state index contributed by atoms with van der Waals surface area (Å²) in [4.78, 5) is 14.4. The first-order chi connectivity index (χ1) is 9.70. The maximum Gasteiger partial charge on any atom is 0.253 e. The van der Waals surface area contributed by atoms with Gasteiger partial charge < -0.3 is 20.1 Å². The van der Waals surface area contributed by atoms with Crippen molar-refractivity contribution in [3.8, 4) is 11.5 Å². The zero-order valence-corrected chi connectivity index (χ0v) is 11.7. The smallest absolute Gasteiger partial charge is 0.253 e. The monoisotopic (exact) mass is 276 g/mol. The highest BCUT2D eigenvalue weighted by Crippen LogP contribution is 2.34. The average molecular weight is 276 g/mol. The van der Waals surface area contributed by atoms with E-state index < -0.39 is 0 Å². The van der Waals surface area contributed by atoms with E-state index >= 15 is 0 Å². The van der Waals surface area contributed by atoms with Crippen LogP contribution in [0.1, 0.15) is 29.6 Å². The first kappa shape index (κ1) is 13.2. The summed E-state index contributed by atoms with van der Waals surface area (Å²) in [6.45, 7) is 0.865. The molecule has 5 heteroatoms. The lowest BCUT2D eigenvalue weighted by atomic mass is 10.0. The third-order valence-electron chi connectivity index (χ3n) is 4.36. The van der Waals surface area contributed by atoms with Crippen molar-refractivity contribution in [2.24, 2.45) is 11.7 Å². The van der Waals surface area contributed by atoms with E-state index in [-0.39, 0.29) is 18.7 Å². The van der Waals surface area contributed by atoms with Gasteiger partial charge in [-0.2, -0.15) is 0 Å². The number of hydrogen-bond acceptors (Lipinski definition) is 4. The molecule has 1 heterocycles. The molecule has 2 N–H and O–H groups in total. The van der Waals surface area contributed by atoms with Gasteiger partial charge >= 0.3 is 0 Å². The van der Waals surface area contributed by atoms with Crippen LogP contribution in [0.25, 0.3) is 0 Å². The second-order valence-electron chi connectivity index (χ2n) is 5.48. The van der Waals surface area contributed by atoms with Crippen molar-refractivity contribution < 1.29 is 14.3 Å². The van der Waals surface area contributed by atoms with Gasteiger partial charge in [0.05, 0.1) is 0 Å². The van der Waals surface area contributed by atoms with Crippen LogP contribution in [0.4, 0.5) is 0 Å². The fraction of sp³-hybridized carbons (Fsp3) is 0.533. The first-order valence-corrected chi connectivity index (χ1v) is 7.07. The summed E-state index contributed by atoms with van der Waals surface area (Å²) in [5, 5.41) is 0. The molecule has 1 aromatic rings. The van der Waals surface area contributed by atoms with Crippen LogP contribution in [0.3, 0.4) is 0 Å². The minimum absolute atomic E-state index is 0.0219. The Labute approximate surface area is 118 Å². The molecule has 5 nitrogen and oxygen atoms in total. The minimum Gasteiger partial charge on any atom is -0.454 e. The van der Waals surface area contributed by atoms with Gasteiger partial charge in [-0.15, -0.1) is 0 Å². The van der Waals surface area contributed by atoms with E-state index in [1.54, 1.807) is 18.2 Å². The Kier molecular flexibility index (Phi) is 3.53. The van der Waals surface area contributed by atoms with Crippen molar-refractivity contribution in [2.45, 2.75) is 25.3 Å². The van der Waals surface area contributed by atoms with Crippen LogP contribution in [-0.2, 0) is 0 Å². The van der Waals surface area contributed by atoms with Gasteiger partial charge in [-0.25, -0.2) is 0 Å². The molecule has 3 rings (SSSR count). The number of ether oxygens (including phenoxy) is 2. The number of nitrogens with zero attached hydrogens (tertiary/aromatic N) is 1. The number of carbonyl (C=O) groups is 1. The van der Waals surface area contributed by atoms with Crippen LogP contribution < -0.4 is 15.2 Å².